The molecule has 0 aliphatic rings. The summed E-state index contributed by atoms with van der Waals surface area (Å²) in [7, 11) is 0. The number of aromatic nitrogens is 2. The molecule has 0 saturated carbocycles. The Labute approximate surface area is 194 Å². The van der Waals surface area contributed by atoms with Crippen molar-refractivity contribution in [1.82, 2.24) is 9.97 Å². The SMILES string of the molecule is c1ncc(-c2ccc(-c3ccc4cc(-c5ccc(-c6cncs6)cc5)ccc4c3)cc2)s1. The second-order valence-corrected chi connectivity index (χ2v) is 9.44. The van der Waals surface area contributed by atoms with Gasteiger partial charge in [0.05, 0.1) is 20.8 Å². The quantitative estimate of drug-likeness (QED) is 0.271. The van der Waals surface area contributed by atoms with Crippen molar-refractivity contribution in [1.29, 1.82) is 0 Å². The van der Waals surface area contributed by atoms with Crippen LogP contribution in [0.15, 0.2) is 108 Å². The van der Waals surface area contributed by atoms with E-state index in [2.05, 4.69) is 94.9 Å². The Balaban J connectivity index is 1.29. The zero-order valence-corrected chi connectivity index (χ0v) is 18.7. The number of rotatable bonds is 4. The summed E-state index contributed by atoms with van der Waals surface area (Å²) in [6, 6.07) is 30.8. The Morgan fingerprint density at radius 1 is 0.406 bits per heavy atom. The van der Waals surface area contributed by atoms with Crippen molar-refractivity contribution in [2.45, 2.75) is 0 Å². The van der Waals surface area contributed by atoms with Crippen LogP contribution >= 0.6 is 22.7 Å². The standard InChI is InChI=1S/C28H18N2S2/c1-5-21(27-15-29-17-31-27)6-2-19(1)23-9-11-26-14-24(10-12-25(26)13-23)20-3-7-22(8-4-20)28-16-30-18-32-28/h1-18H. The number of hydrogen-bond acceptors (Lipinski definition) is 4. The van der Waals surface area contributed by atoms with Crippen LogP contribution in [0.5, 0.6) is 0 Å². The fourth-order valence-corrected chi connectivity index (χ4v) is 5.23. The van der Waals surface area contributed by atoms with E-state index in [0.29, 0.717) is 0 Å². The number of fused-ring (bicyclic) bond motifs is 1. The zero-order valence-electron chi connectivity index (χ0n) is 17.1. The van der Waals surface area contributed by atoms with Crippen LogP contribution in [0.2, 0.25) is 0 Å². The minimum atomic E-state index is 1.20. The van der Waals surface area contributed by atoms with Crippen LogP contribution in [0.3, 0.4) is 0 Å². The Morgan fingerprint density at radius 2 is 0.781 bits per heavy atom. The van der Waals surface area contributed by atoms with E-state index in [9.17, 15) is 0 Å². The van der Waals surface area contributed by atoms with Crippen LogP contribution in [0.4, 0.5) is 0 Å². The van der Waals surface area contributed by atoms with Gasteiger partial charge in [-0.1, -0.05) is 72.8 Å². The largest absolute Gasteiger partial charge is 0.252 e. The topological polar surface area (TPSA) is 25.8 Å². The van der Waals surface area contributed by atoms with Gasteiger partial charge in [0.15, 0.2) is 0 Å². The van der Waals surface area contributed by atoms with E-state index < -0.39 is 0 Å². The van der Waals surface area contributed by atoms with Gasteiger partial charge in [-0.3, -0.25) is 9.97 Å². The molecule has 4 heteroatoms. The molecule has 0 aliphatic heterocycles. The molecule has 2 nitrogen and oxygen atoms in total. The molecular formula is C28H18N2S2. The molecule has 0 amide bonds. The van der Waals surface area contributed by atoms with Crippen LogP contribution in [0, 0.1) is 0 Å². The molecule has 2 heterocycles. The van der Waals surface area contributed by atoms with E-state index in [0.717, 1.165) is 0 Å². The summed E-state index contributed by atoms with van der Waals surface area (Å²) in [5.41, 5.74) is 11.1. The normalized spacial score (nSPS) is 11.1. The third-order valence-corrected chi connectivity index (χ3v) is 7.35. The van der Waals surface area contributed by atoms with Crippen LogP contribution in [-0.2, 0) is 0 Å². The Morgan fingerprint density at radius 3 is 1.16 bits per heavy atom. The predicted molar refractivity (Wildman–Crippen MR) is 137 cm³/mol. The van der Waals surface area contributed by atoms with Gasteiger partial charge >= 0.3 is 0 Å². The van der Waals surface area contributed by atoms with Gasteiger partial charge in [0, 0.05) is 12.4 Å². The van der Waals surface area contributed by atoms with Crippen molar-refractivity contribution in [3.05, 3.63) is 108 Å². The molecule has 0 spiro atoms. The fraction of sp³-hybridized carbons (Fsp3) is 0. The summed E-state index contributed by atoms with van der Waals surface area (Å²) in [5.74, 6) is 0. The third-order valence-electron chi connectivity index (χ3n) is 5.71. The van der Waals surface area contributed by atoms with E-state index in [1.807, 2.05) is 23.4 Å². The lowest BCUT2D eigenvalue weighted by Gasteiger charge is -2.08. The molecule has 32 heavy (non-hydrogen) atoms. The maximum absolute atomic E-state index is 4.17. The summed E-state index contributed by atoms with van der Waals surface area (Å²) in [5, 5.41) is 2.50. The molecule has 6 rings (SSSR count). The van der Waals surface area contributed by atoms with Gasteiger partial charge in [-0.15, -0.1) is 22.7 Å². The average Bonchev–Trinajstić information content (AvgIpc) is 3.59. The molecule has 0 saturated heterocycles. The van der Waals surface area contributed by atoms with Gasteiger partial charge in [-0.2, -0.15) is 0 Å². The second kappa shape index (κ2) is 8.15. The van der Waals surface area contributed by atoms with E-state index in [1.54, 1.807) is 22.7 Å². The van der Waals surface area contributed by atoms with Crippen LogP contribution < -0.4 is 0 Å². The van der Waals surface area contributed by atoms with Crippen LogP contribution in [0.25, 0.3) is 53.9 Å². The third kappa shape index (κ3) is 3.64. The van der Waals surface area contributed by atoms with Crippen molar-refractivity contribution >= 4 is 33.4 Å². The first kappa shape index (κ1) is 19.1. The van der Waals surface area contributed by atoms with Crippen molar-refractivity contribution in [2.24, 2.45) is 0 Å². The summed E-state index contributed by atoms with van der Waals surface area (Å²) in [4.78, 5) is 10.7. The summed E-state index contributed by atoms with van der Waals surface area (Å²) in [6.45, 7) is 0. The van der Waals surface area contributed by atoms with Crippen LogP contribution in [-0.4, -0.2) is 9.97 Å². The number of thiazole rings is 2. The van der Waals surface area contributed by atoms with Gasteiger partial charge < -0.3 is 0 Å². The zero-order chi connectivity index (χ0) is 21.3. The van der Waals surface area contributed by atoms with Gasteiger partial charge in [0.25, 0.3) is 0 Å². The first-order chi connectivity index (χ1) is 15.8. The highest BCUT2D eigenvalue weighted by molar-refractivity contribution is 7.13. The first-order valence-corrected chi connectivity index (χ1v) is 12.1. The molecule has 0 aliphatic carbocycles. The van der Waals surface area contributed by atoms with E-state index in [1.165, 1.54) is 53.9 Å². The molecule has 0 N–H and O–H groups in total. The van der Waals surface area contributed by atoms with Crippen molar-refractivity contribution < 1.29 is 0 Å². The number of benzene rings is 4. The van der Waals surface area contributed by atoms with Gasteiger partial charge in [-0.05, 0) is 56.3 Å². The van der Waals surface area contributed by atoms with E-state index >= 15 is 0 Å². The summed E-state index contributed by atoms with van der Waals surface area (Å²) in [6.07, 6.45) is 3.83. The lowest BCUT2D eigenvalue weighted by molar-refractivity contribution is 1.42. The van der Waals surface area contributed by atoms with E-state index in [-0.39, 0.29) is 0 Å². The van der Waals surface area contributed by atoms with Crippen molar-refractivity contribution in [3.8, 4) is 43.1 Å². The minimum Gasteiger partial charge on any atom is -0.252 e. The fourth-order valence-electron chi connectivity index (χ4n) is 3.98. The Kier molecular flexibility index (Phi) is 4.87. The predicted octanol–water partition coefficient (Wildman–Crippen LogP) is 8.42. The Hall–Kier alpha value is -3.60. The highest BCUT2D eigenvalue weighted by Gasteiger charge is 2.06. The van der Waals surface area contributed by atoms with Gasteiger partial charge in [-0.25, -0.2) is 0 Å². The molecular weight excluding hydrogens is 428 g/mol. The van der Waals surface area contributed by atoms with Gasteiger partial charge in [0.1, 0.15) is 0 Å². The number of hydrogen-bond donors (Lipinski definition) is 0. The second-order valence-electron chi connectivity index (χ2n) is 7.66. The molecule has 0 radical (unpaired) electrons. The molecule has 0 atom stereocenters. The minimum absolute atomic E-state index is 1.20. The Bertz CT molecular complexity index is 1370. The molecule has 152 valence electrons. The lowest BCUT2D eigenvalue weighted by atomic mass is 9.97. The molecule has 4 aromatic carbocycles. The monoisotopic (exact) mass is 446 g/mol. The average molecular weight is 447 g/mol. The van der Waals surface area contributed by atoms with Gasteiger partial charge in [0.2, 0.25) is 0 Å². The van der Waals surface area contributed by atoms with Crippen molar-refractivity contribution in [3.63, 3.8) is 0 Å². The highest BCUT2D eigenvalue weighted by Crippen LogP contribution is 2.32. The summed E-state index contributed by atoms with van der Waals surface area (Å²) >= 11 is 3.33. The highest BCUT2D eigenvalue weighted by atomic mass is 32.1. The number of nitrogens with zero attached hydrogens (tertiary/aromatic N) is 2. The van der Waals surface area contributed by atoms with Crippen LogP contribution in [0.1, 0.15) is 0 Å². The molecule has 0 fully saturated rings. The van der Waals surface area contributed by atoms with Crippen molar-refractivity contribution in [2.75, 3.05) is 0 Å². The lowest BCUT2D eigenvalue weighted by Crippen LogP contribution is -1.83. The summed E-state index contributed by atoms with van der Waals surface area (Å²) < 4.78 is 0. The maximum Gasteiger partial charge on any atom is 0.0797 e. The molecule has 6 aromatic rings. The van der Waals surface area contributed by atoms with E-state index in [4.69, 9.17) is 0 Å². The smallest absolute Gasteiger partial charge is 0.0797 e. The molecule has 2 aromatic heterocycles. The first-order valence-electron chi connectivity index (χ1n) is 10.4. The molecule has 0 bridgehead atoms. The molecule has 0 unspecified atom stereocenters. The maximum atomic E-state index is 4.17.